The number of piperidine rings is 1. The highest BCUT2D eigenvalue weighted by molar-refractivity contribution is 7.88. The lowest BCUT2D eigenvalue weighted by atomic mass is 9.95. The molecule has 2 aromatic rings. The van der Waals surface area contributed by atoms with Gasteiger partial charge in [0.05, 0.1) is 11.9 Å². The highest BCUT2D eigenvalue weighted by Gasteiger charge is 2.37. The zero-order chi connectivity index (χ0) is 18.5. The fourth-order valence-electron chi connectivity index (χ4n) is 4.05. The van der Waals surface area contributed by atoms with Crippen LogP contribution in [0.4, 0.5) is 0 Å². The number of pyridine rings is 1. The van der Waals surface area contributed by atoms with E-state index in [0.29, 0.717) is 31.2 Å². The van der Waals surface area contributed by atoms with Crippen molar-refractivity contribution in [2.45, 2.75) is 25.4 Å². The van der Waals surface area contributed by atoms with E-state index in [2.05, 4.69) is 9.88 Å². The topological polar surface area (TPSA) is 95.2 Å². The fraction of sp³-hybridized carbons (Fsp3) is 0.529. The van der Waals surface area contributed by atoms with Crippen molar-refractivity contribution in [3.05, 3.63) is 40.4 Å². The molecule has 5 heterocycles. The molecule has 0 radical (unpaired) electrons. The molecule has 2 bridgehead atoms. The molecule has 3 fully saturated rings. The Bertz CT molecular complexity index is 1000. The van der Waals surface area contributed by atoms with Gasteiger partial charge in [-0.05, 0) is 30.9 Å². The van der Waals surface area contributed by atoms with Gasteiger partial charge in [-0.1, -0.05) is 0 Å². The predicted octanol–water partition coefficient (Wildman–Crippen LogP) is 0.256. The van der Waals surface area contributed by atoms with Crippen LogP contribution in [0.3, 0.4) is 0 Å². The van der Waals surface area contributed by atoms with Gasteiger partial charge in [-0.3, -0.25) is 14.1 Å². The zero-order valence-corrected chi connectivity index (χ0v) is 15.4. The van der Waals surface area contributed by atoms with Gasteiger partial charge in [0.2, 0.25) is 10.0 Å². The third-order valence-electron chi connectivity index (χ3n) is 5.35. The van der Waals surface area contributed by atoms with E-state index < -0.39 is 10.0 Å². The van der Waals surface area contributed by atoms with E-state index in [1.165, 1.54) is 22.8 Å². The van der Waals surface area contributed by atoms with Crippen LogP contribution in [0.2, 0.25) is 0 Å². The van der Waals surface area contributed by atoms with E-state index >= 15 is 0 Å². The van der Waals surface area contributed by atoms with Gasteiger partial charge >= 0.3 is 0 Å². The Morgan fingerprint density at radius 1 is 1.27 bits per heavy atom. The minimum Gasteiger partial charge on any atom is -0.504 e. The van der Waals surface area contributed by atoms with E-state index in [1.807, 2.05) is 0 Å². The number of fused-ring (bicyclic) bond motifs is 5. The third kappa shape index (κ3) is 3.22. The van der Waals surface area contributed by atoms with Crippen LogP contribution < -0.4 is 5.56 Å². The van der Waals surface area contributed by atoms with Crippen molar-refractivity contribution in [3.8, 4) is 5.75 Å². The Morgan fingerprint density at radius 2 is 2.08 bits per heavy atom. The molecule has 0 spiro atoms. The van der Waals surface area contributed by atoms with E-state index in [4.69, 9.17) is 0 Å². The normalized spacial score (nSPS) is 24.8. The molecular weight excluding hydrogens is 356 g/mol. The van der Waals surface area contributed by atoms with Crippen LogP contribution in [0.25, 0.3) is 5.65 Å². The van der Waals surface area contributed by atoms with Gasteiger partial charge in [-0.2, -0.15) is 0 Å². The molecule has 3 saturated heterocycles. The summed E-state index contributed by atoms with van der Waals surface area (Å²) in [5.41, 5.74) is 0.598. The molecule has 0 aromatic carbocycles. The molecule has 2 atom stereocenters. The molecule has 3 aliphatic rings. The monoisotopic (exact) mass is 378 g/mol. The average molecular weight is 378 g/mol. The summed E-state index contributed by atoms with van der Waals surface area (Å²) in [7, 11) is -3.21. The Morgan fingerprint density at radius 3 is 2.85 bits per heavy atom. The zero-order valence-electron chi connectivity index (χ0n) is 14.6. The van der Waals surface area contributed by atoms with Crippen molar-refractivity contribution >= 4 is 15.7 Å². The second-order valence-electron chi connectivity index (χ2n) is 7.28. The van der Waals surface area contributed by atoms with Gasteiger partial charge in [0.25, 0.3) is 5.56 Å². The quantitative estimate of drug-likeness (QED) is 0.823. The average Bonchev–Trinajstić information content (AvgIpc) is 2.88. The Labute approximate surface area is 151 Å². The summed E-state index contributed by atoms with van der Waals surface area (Å²) in [5.74, 6) is 0.255. The largest absolute Gasteiger partial charge is 0.504 e. The molecule has 0 amide bonds. The maximum atomic E-state index is 12.3. The first-order valence-electron chi connectivity index (χ1n) is 8.71. The molecule has 140 valence electrons. The molecule has 0 unspecified atom stereocenters. The summed E-state index contributed by atoms with van der Waals surface area (Å²) in [6.45, 7) is 2.30. The van der Waals surface area contributed by atoms with Crippen molar-refractivity contribution in [1.82, 2.24) is 18.6 Å². The van der Waals surface area contributed by atoms with E-state index in [0.717, 1.165) is 19.4 Å². The molecule has 0 saturated carbocycles. The highest BCUT2D eigenvalue weighted by atomic mass is 32.2. The molecule has 26 heavy (non-hydrogen) atoms. The minimum absolute atomic E-state index is 0.0351. The van der Waals surface area contributed by atoms with Gasteiger partial charge in [0.1, 0.15) is 0 Å². The summed E-state index contributed by atoms with van der Waals surface area (Å²) in [6, 6.07) is 4.70. The minimum atomic E-state index is -3.21. The molecule has 2 aromatic heterocycles. The SMILES string of the molecule is CS(=O)(=O)N1C[C@@H]2CC[C@H](C1)N(Cc1cc(=O)n3cccc(O)c3n1)C2. The highest BCUT2D eigenvalue weighted by Crippen LogP contribution is 2.30. The van der Waals surface area contributed by atoms with Gasteiger partial charge in [-0.25, -0.2) is 17.7 Å². The van der Waals surface area contributed by atoms with Crippen molar-refractivity contribution in [2.24, 2.45) is 5.92 Å². The number of hydrogen-bond acceptors (Lipinski definition) is 6. The van der Waals surface area contributed by atoms with Crippen molar-refractivity contribution < 1.29 is 13.5 Å². The molecule has 8 nitrogen and oxygen atoms in total. The Kier molecular flexibility index (Phi) is 4.25. The molecule has 9 heteroatoms. The van der Waals surface area contributed by atoms with E-state index in [-0.39, 0.29) is 23.0 Å². The van der Waals surface area contributed by atoms with Gasteiger partial charge in [0.15, 0.2) is 11.4 Å². The van der Waals surface area contributed by atoms with Gasteiger partial charge in [0, 0.05) is 44.5 Å². The summed E-state index contributed by atoms with van der Waals surface area (Å²) in [4.78, 5) is 19.0. The first-order valence-corrected chi connectivity index (χ1v) is 10.6. The van der Waals surface area contributed by atoms with Crippen molar-refractivity contribution in [3.63, 3.8) is 0 Å². The second-order valence-corrected chi connectivity index (χ2v) is 9.26. The summed E-state index contributed by atoms with van der Waals surface area (Å²) < 4.78 is 26.8. The number of sulfonamides is 1. The lowest BCUT2D eigenvalue weighted by Crippen LogP contribution is -2.44. The number of aromatic nitrogens is 2. The first-order chi connectivity index (χ1) is 12.3. The summed E-state index contributed by atoms with van der Waals surface area (Å²) in [6.07, 6.45) is 4.79. The first kappa shape index (κ1) is 17.4. The molecule has 3 aliphatic heterocycles. The van der Waals surface area contributed by atoms with Crippen LogP contribution in [0.5, 0.6) is 5.75 Å². The maximum Gasteiger partial charge on any atom is 0.258 e. The van der Waals surface area contributed by atoms with Crippen LogP contribution in [-0.4, -0.2) is 64.0 Å². The Balaban J connectivity index is 1.63. The van der Waals surface area contributed by atoms with Crippen LogP contribution in [0, 0.1) is 5.92 Å². The lowest BCUT2D eigenvalue weighted by Gasteiger charge is -2.35. The number of nitrogens with zero attached hydrogens (tertiary/aromatic N) is 4. The standard InChI is InChI=1S/C17H22N4O4S/c1-26(24,25)20-9-12-4-5-14(11-20)19(8-12)10-13-7-16(23)21-6-2-3-15(22)17(21)18-13/h2-3,6-7,12,14,22H,4-5,8-11H2,1H3/t12-,14-/m1/s1. The summed E-state index contributed by atoms with van der Waals surface area (Å²) >= 11 is 0. The fourth-order valence-corrected chi connectivity index (χ4v) is 4.97. The van der Waals surface area contributed by atoms with Crippen LogP contribution in [0.15, 0.2) is 29.2 Å². The van der Waals surface area contributed by atoms with Crippen molar-refractivity contribution in [1.29, 1.82) is 0 Å². The molecular formula is C17H22N4O4S. The molecule has 0 aliphatic carbocycles. The van der Waals surface area contributed by atoms with Crippen LogP contribution in [0.1, 0.15) is 18.5 Å². The number of hydrogen-bond donors (Lipinski definition) is 1. The lowest BCUT2D eigenvalue weighted by molar-refractivity contribution is 0.124. The third-order valence-corrected chi connectivity index (χ3v) is 6.59. The predicted molar refractivity (Wildman–Crippen MR) is 96.5 cm³/mol. The smallest absolute Gasteiger partial charge is 0.258 e. The summed E-state index contributed by atoms with van der Waals surface area (Å²) in [5, 5.41) is 9.99. The number of aromatic hydroxyl groups is 1. The second kappa shape index (κ2) is 6.33. The van der Waals surface area contributed by atoms with E-state index in [9.17, 15) is 18.3 Å². The number of rotatable bonds is 3. The van der Waals surface area contributed by atoms with Crippen molar-refractivity contribution in [2.75, 3.05) is 25.9 Å². The van der Waals surface area contributed by atoms with Crippen LogP contribution >= 0.6 is 0 Å². The Hall–Kier alpha value is -1.97. The van der Waals surface area contributed by atoms with E-state index in [1.54, 1.807) is 16.6 Å². The molecule has 1 N–H and O–H groups in total. The van der Waals surface area contributed by atoms with Gasteiger partial charge in [-0.15, -0.1) is 0 Å². The maximum absolute atomic E-state index is 12.3. The molecule has 5 rings (SSSR count). The van der Waals surface area contributed by atoms with Crippen LogP contribution in [-0.2, 0) is 16.6 Å². The van der Waals surface area contributed by atoms with Gasteiger partial charge < -0.3 is 5.11 Å².